The van der Waals surface area contributed by atoms with Gasteiger partial charge in [0.2, 0.25) is 0 Å². The average molecular weight is 386 g/mol. The second kappa shape index (κ2) is 10.9. The molecular formula is C25H39NO2. The monoisotopic (exact) mass is 385 g/mol. The Morgan fingerprint density at radius 3 is 1.61 bits per heavy atom. The molecule has 1 aliphatic heterocycles. The predicted octanol–water partition coefficient (Wildman–Crippen LogP) is 6.31. The van der Waals surface area contributed by atoms with Gasteiger partial charge in [-0.3, -0.25) is 9.59 Å². The summed E-state index contributed by atoms with van der Waals surface area (Å²) in [7, 11) is 0. The largest absolute Gasteiger partial charge is 0.300 e. The standard InChI is InChI=1S/C15H29N.C10H10O2/c1-3-8-15(9-4-2)10-12-16(13-11-15)14-6-5-7-14;1-7(11)9-3-5-10(6-4-9)8(2)12/h14H,3-13H2,1-2H3;3-6H,1-2H3. The number of carbonyl (C=O) groups is 2. The van der Waals surface area contributed by atoms with Crippen LogP contribution in [0.2, 0.25) is 0 Å². The summed E-state index contributed by atoms with van der Waals surface area (Å²) in [6.45, 7) is 10.5. The van der Waals surface area contributed by atoms with Gasteiger partial charge in [-0.1, -0.05) is 57.4 Å². The third-order valence-electron chi connectivity index (χ3n) is 6.71. The summed E-state index contributed by atoms with van der Waals surface area (Å²) in [5, 5.41) is 0. The van der Waals surface area contributed by atoms with Crippen LogP contribution in [0.5, 0.6) is 0 Å². The van der Waals surface area contributed by atoms with Crippen molar-refractivity contribution >= 4 is 11.6 Å². The maximum absolute atomic E-state index is 10.8. The molecule has 0 bridgehead atoms. The van der Waals surface area contributed by atoms with E-state index in [0.717, 1.165) is 11.5 Å². The number of likely N-dealkylation sites (tertiary alicyclic amines) is 1. The third kappa shape index (κ3) is 6.27. The molecule has 0 N–H and O–H groups in total. The number of Topliss-reactive ketones (excluding diaryl/α,β-unsaturated/α-hetero) is 2. The van der Waals surface area contributed by atoms with Gasteiger partial charge in [0.05, 0.1) is 0 Å². The molecule has 1 saturated heterocycles. The van der Waals surface area contributed by atoms with Gasteiger partial charge in [-0.05, 0) is 70.9 Å². The fourth-order valence-electron chi connectivity index (χ4n) is 4.74. The van der Waals surface area contributed by atoms with E-state index in [9.17, 15) is 9.59 Å². The molecule has 3 nitrogen and oxygen atoms in total. The number of hydrogen-bond donors (Lipinski definition) is 0. The summed E-state index contributed by atoms with van der Waals surface area (Å²) >= 11 is 0. The van der Waals surface area contributed by atoms with Crippen LogP contribution in [-0.4, -0.2) is 35.6 Å². The summed E-state index contributed by atoms with van der Waals surface area (Å²) in [5.41, 5.74) is 2.00. The molecule has 3 heteroatoms. The van der Waals surface area contributed by atoms with Gasteiger partial charge in [0.25, 0.3) is 0 Å². The Hall–Kier alpha value is -1.48. The molecule has 0 unspecified atom stereocenters. The lowest BCUT2D eigenvalue weighted by molar-refractivity contribution is 0.0333. The Morgan fingerprint density at radius 1 is 0.893 bits per heavy atom. The lowest BCUT2D eigenvalue weighted by Crippen LogP contribution is -2.47. The molecule has 156 valence electrons. The van der Waals surface area contributed by atoms with Crippen molar-refractivity contribution in [1.29, 1.82) is 0 Å². The lowest BCUT2D eigenvalue weighted by Gasteiger charge is -2.47. The minimum Gasteiger partial charge on any atom is -0.300 e. The van der Waals surface area contributed by atoms with E-state index in [1.54, 1.807) is 24.3 Å². The Bertz CT molecular complexity index is 581. The average Bonchev–Trinajstić information content (AvgIpc) is 2.63. The van der Waals surface area contributed by atoms with Crippen molar-refractivity contribution in [3.8, 4) is 0 Å². The Kier molecular flexibility index (Phi) is 8.88. The van der Waals surface area contributed by atoms with Gasteiger partial charge in [0.15, 0.2) is 11.6 Å². The van der Waals surface area contributed by atoms with Crippen molar-refractivity contribution in [3.05, 3.63) is 35.4 Å². The molecule has 2 fully saturated rings. The normalized spacial score (nSPS) is 19.3. The smallest absolute Gasteiger partial charge is 0.159 e. The molecule has 0 radical (unpaired) electrons. The lowest BCUT2D eigenvalue weighted by atomic mass is 9.71. The van der Waals surface area contributed by atoms with Gasteiger partial charge in [-0.25, -0.2) is 0 Å². The number of hydrogen-bond acceptors (Lipinski definition) is 3. The van der Waals surface area contributed by atoms with Crippen molar-refractivity contribution in [2.75, 3.05) is 13.1 Å². The minimum absolute atomic E-state index is 0.0186. The van der Waals surface area contributed by atoms with E-state index in [-0.39, 0.29) is 11.6 Å². The third-order valence-corrected chi connectivity index (χ3v) is 6.71. The van der Waals surface area contributed by atoms with Gasteiger partial charge in [-0.15, -0.1) is 0 Å². The van der Waals surface area contributed by atoms with Crippen LogP contribution in [0.4, 0.5) is 0 Å². The Labute approximate surface area is 171 Å². The van der Waals surface area contributed by atoms with Crippen LogP contribution in [0.1, 0.15) is 106 Å². The number of carbonyl (C=O) groups excluding carboxylic acids is 2. The molecule has 0 spiro atoms. The molecule has 2 aliphatic rings. The zero-order chi connectivity index (χ0) is 20.6. The van der Waals surface area contributed by atoms with Crippen LogP contribution in [0, 0.1) is 5.41 Å². The maximum Gasteiger partial charge on any atom is 0.159 e. The van der Waals surface area contributed by atoms with Crippen LogP contribution >= 0.6 is 0 Å². The molecule has 1 saturated carbocycles. The van der Waals surface area contributed by atoms with Gasteiger partial charge in [0, 0.05) is 17.2 Å². The molecule has 0 atom stereocenters. The van der Waals surface area contributed by atoms with Crippen LogP contribution in [0.15, 0.2) is 24.3 Å². The minimum atomic E-state index is 0.0186. The predicted molar refractivity (Wildman–Crippen MR) is 117 cm³/mol. The summed E-state index contributed by atoms with van der Waals surface area (Å²) in [4.78, 5) is 24.5. The summed E-state index contributed by atoms with van der Waals surface area (Å²) in [5.74, 6) is 0.0372. The highest BCUT2D eigenvalue weighted by molar-refractivity contribution is 5.97. The van der Waals surface area contributed by atoms with E-state index >= 15 is 0 Å². The number of nitrogens with zero attached hydrogens (tertiary/aromatic N) is 1. The van der Waals surface area contributed by atoms with E-state index < -0.39 is 0 Å². The first-order chi connectivity index (χ1) is 13.4. The highest BCUT2D eigenvalue weighted by Gasteiger charge is 2.36. The zero-order valence-corrected chi connectivity index (χ0v) is 18.4. The van der Waals surface area contributed by atoms with Gasteiger partial charge in [0.1, 0.15) is 0 Å². The summed E-state index contributed by atoms with van der Waals surface area (Å²) < 4.78 is 0. The molecular weight excluding hydrogens is 346 g/mol. The molecule has 1 heterocycles. The van der Waals surface area contributed by atoms with Crippen molar-refractivity contribution < 1.29 is 9.59 Å². The van der Waals surface area contributed by atoms with Crippen LogP contribution in [0.3, 0.4) is 0 Å². The topological polar surface area (TPSA) is 37.4 Å². The molecule has 0 amide bonds. The first-order valence-electron chi connectivity index (χ1n) is 11.3. The van der Waals surface area contributed by atoms with Crippen LogP contribution in [-0.2, 0) is 0 Å². The second-order valence-corrected chi connectivity index (χ2v) is 8.81. The fourth-order valence-corrected chi connectivity index (χ4v) is 4.74. The van der Waals surface area contributed by atoms with Gasteiger partial charge >= 0.3 is 0 Å². The van der Waals surface area contributed by atoms with Crippen molar-refractivity contribution in [3.63, 3.8) is 0 Å². The van der Waals surface area contributed by atoms with E-state index in [1.807, 2.05) is 0 Å². The molecule has 1 aliphatic carbocycles. The molecule has 28 heavy (non-hydrogen) atoms. The van der Waals surface area contributed by atoms with E-state index in [4.69, 9.17) is 0 Å². The fraction of sp³-hybridized carbons (Fsp3) is 0.680. The first-order valence-corrected chi connectivity index (χ1v) is 11.3. The van der Waals surface area contributed by atoms with Crippen LogP contribution in [0.25, 0.3) is 0 Å². The van der Waals surface area contributed by atoms with Gasteiger partial charge in [-0.2, -0.15) is 0 Å². The van der Waals surface area contributed by atoms with E-state index in [1.165, 1.54) is 84.7 Å². The SMILES string of the molecule is CC(=O)c1ccc(C(C)=O)cc1.CCCC1(CCC)CCN(C2CCC2)CC1. The van der Waals surface area contributed by atoms with Crippen molar-refractivity contribution in [2.45, 2.75) is 91.5 Å². The number of ketones is 2. The highest BCUT2D eigenvalue weighted by atomic mass is 16.1. The quantitative estimate of drug-likeness (QED) is 0.516. The number of rotatable bonds is 7. The molecule has 1 aromatic carbocycles. The number of benzene rings is 1. The summed E-state index contributed by atoms with van der Waals surface area (Å²) in [6, 6.07) is 7.64. The van der Waals surface area contributed by atoms with E-state index in [0.29, 0.717) is 11.1 Å². The van der Waals surface area contributed by atoms with Crippen LogP contribution < -0.4 is 0 Å². The second-order valence-electron chi connectivity index (χ2n) is 8.81. The Morgan fingerprint density at radius 2 is 1.32 bits per heavy atom. The molecule has 1 aromatic rings. The van der Waals surface area contributed by atoms with E-state index in [2.05, 4.69) is 18.7 Å². The Balaban J connectivity index is 0.000000209. The first kappa shape index (κ1) is 22.8. The van der Waals surface area contributed by atoms with Crippen molar-refractivity contribution in [2.24, 2.45) is 5.41 Å². The summed E-state index contributed by atoms with van der Waals surface area (Å²) in [6.07, 6.45) is 13.1. The maximum atomic E-state index is 10.8. The highest BCUT2D eigenvalue weighted by Crippen LogP contribution is 2.42. The molecule has 3 rings (SSSR count). The number of piperidine rings is 1. The molecule has 0 aromatic heterocycles. The zero-order valence-electron chi connectivity index (χ0n) is 18.4. The van der Waals surface area contributed by atoms with Crippen molar-refractivity contribution in [1.82, 2.24) is 4.90 Å². The van der Waals surface area contributed by atoms with Gasteiger partial charge < -0.3 is 4.90 Å².